The van der Waals surface area contributed by atoms with E-state index in [9.17, 15) is 9.59 Å². The molecule has 1 aromatic heterocycles. The van der Waals surface area contributed by atoms with E-state index < -0.39 is 0 Å². The molecule has 1 aromatic carbocycles. The molecule has 1 fully saturated rings. The van der Waals surface area contributed by atoms with E-state index in [1.165, 1.54) is 7.11 Å². The molecule has 0 saturated carbocycles. The summed E-state index contributed by atoms with van der Waals surface area (Å²) in [6.07, 6.45) is 5.63. The van der Waals surface area contributed by atoms with Crippen LogP contribution in [0.2, 0.25) is 0 Å². The SMILES string of the molecule is CC[C@H](NC(=O)c1ccccc1OC1CCN(C(=O)COC)CC1)c1ccncc1. The number of likely N-dealkylation sites (tertiary alicyclic amines) is 1. The van der Waals surface area contributed by atoms with Gasteiger partial charge in [0.2, 0.25) is 5.91 Å². The quantitative estimate of drug-likeness (QED) is 0.722. The lowest BCUT2D eigenvalue weighted by molar-refractivity contribution is -0.136. The Morgan fingerprint density at radius 3 is 2.53 bits per heavy atom. The standard InChI is InChI=1S/C23H29N3O4/c1-3-20(17-8-12-24-13-9-17)25-23(28)19-6-4-5-7-21(19)30-18-10-14-26(15-11-18)22(27)16-29-2/h4-9,12-13,18,20H,3,10-11,14-16H2,1-2H3,(H,25,28)/t20-/m0/s1. The first-order valence-electron chi connectivity index (χ1n) is 10.4. The zero-order valence-corrected chi connectivity index (χ0v) is 17.5. The molecule has 1 aliphatic rings. The lowest BCUT2D eigenvalue weighted by Gasteiger charge is -2.32. The zero-order valence-electron chi connectivity index (χ0n) is 17.5. The Morgan fingerprint density at radius 2 is 1.87 bits per heavy atom. The normalized spacial score (nSPS) is 15.5. The van der Waals surface area contributed by atoms with Crippen LogP contribution in [-0.4, -0.2) is 54.6 Å². The number of hydrogen-bond donors (Lipinski definition) is 1. The van der Waals surface area contributed by atoms with Crippen LogP contribution in [0.1, 0.15) is 48.1 Å². The lowest BCUT2D eigenvalue weighted by atomic mass is 10.0. The summed E-state index contributed by atoms with van der Waals surface area (Å²) < 4.78 is 11.1. The summed E-state index contributed by atoms with van der Waals surface area (Å²) >= 11 is 0. The first kappa shape index (κ1) is 21.8. The Kier molecular flexibility index (Phi) is 7.79. The minimum Gasteiger partial charge on any atom is -0.489 e. The molecule has 160 valence electrons. The van der Waals surface area contributed by atoms with Crippen LogP contribution in [0.15, 0.2) is 48.8 Å². The number of nitrogens with one attached hydrogen (secondary N) is 1. The summed E-state index contributed by atoms with van der Waals surface area (Å²) in [6.45, 7) is 3.39. The molecule has 30 heavy (non-hydrogen) atoms. The summed E-state index contributed by atoms with van der Waals surface area (Å²) in [6, 6.07) is 11.0. The predicted molar refractivity (Wildman–Crippen MR) is 113 cm³/mol. The Hall–Kier alpha value is -2.93. The first-order valence-corrected chi connectivity index (χ1v) is 10.4. The van der Waals surface area contributed by atoms with Gasteiger partial charge in [0.25, 0.3) is 5.91 Å². The van der Waals surface area contributed by atoms with Crippen LogP contribution < -0.4 is 10.1 Å². The molecule has 0 unspecified atom stereocenters. The van der Waals surface area contributed by atoms with Gasteiger partial charge in [0.1, 0.15) is 18.5 Å². The second kappa shape index (κ2) is 10.7. The van der Waals surface area contributed by atoms with Crippen molar-refractivity contribution in [3.63, 3.8) is 0 Å². The van der Waals surface area contributed by atoms with Gasteiger partial charge in [0.15, 0.2) is 0 Å². The topological polar surface area (TPSA) is 80.8 Å². The molecule has 0 aliphatic carbocycles. The lowest BCUT2D eigenvalue weighted by Crippen LogP contribution is -2.43. The Bertz CT molecular complexity index is 835. The molecular weight excluding hydrogens is 382 g/mol. The first-order chi connectivity index (χ1) is 14.6. The van der Waals surface area contributed by atoms with E-state index in [2.05, 4.69) is 10.3 Å². The second-order valence-corrected chi connectivity index (χ2v) is 7.34. The van der Waals surface area contributed by atoms with Gasteiger partial charge in [-0.2, -0.15) is 0 Å². The third-order valence-corrected chi connectivity index (χ3v) is 5.31. The van der Waals surface area contributed by atoms with Crippen LogP contribution in [-0.2, 0) is 9.53 Å². The van der Waals surface area contributed by atoms with Gasteiger partial charge in [-0.3, -0.25) is 14.6 Å². The van der Waals surface area contributed by atoms with Gasteiger partial charge < -0.3 is 19.7 Å². The van der Waals surface area contributed by atoms with Gasteiger partial charge in [-0.15, -0.1) is 0 Å². The summed E-state index contributed by atoms with van der Waals surface area (Å²) in [5.74, 6) is 0.403. The van der Waals surface area contributed by atoms with Crippen molar-refractivity contribution in [3.8, 4) is 5.75 Å². The summed E-state index contributed by atoms with van der Waals surface area (Å²) in [4.78, 5) is 30.8. The van der Waals surface area contributed by atoms with Crippen molar-refractivity contribution in [2.45, 2.75) is 38.3 Å². The summed E-state index contributed by atoms with van der Waals surface area (Å²) in [5, 5.41) is 3.10. The number of ether oxygens (including phenoxy) is 2. The van der Waals surface area contributed by atoms with Crippen molar-refractivity contribution in [2.75, 3.05) is 26.8 Å². The van der Waals surface area contributed by atoms with Crippen molar-refractivity contribution < 1.29 is 19.1 Å². The third-order valence-electron chi connectivity index (χ3n) is 5.31. The second-order valence-electron chi connectivity index (χ2n) is 7.34. The number of amides is 2. The van der Waals surface area contributed by atoms with Crippen molar-refractivity contribution >= 4 is 11.8 Å². The molecule has 1 atom stereocenters. The van der Waals surface area contributed by atoms with Crippen molar-refractivity contribution in [1.82, 2.24) is 15.2 Å². The fraction of sp³-hybridized carbons (Fsp3) is 0.435. The zero-order chi connectivity index (χ0) is 21.3. The number of aromatic nitrogens is 1. The molecule has 1 aliphatic heterocycles. The smallest absolute Gasteiger partial charge is 0.255 e. The molecular formula is C23H29N3O4. The van der Waals surface area contributed by atoms with E-state index in [1.54, 1.807) is 23.4 Å². The number of methoxy groups -OCH3 is 1. The Morgan fingerprint density at radius 1 is 1.17 bits per heavy atom. The largest absolute Gasteiger partial charge is 0.489 e. The number of rotatable bonds is 8. The highest BCUT2D eigenvalue weighted by Gasteiger charge is 2.25. The molecule has 0 spiro atoms. The van der Waals surface area contributed by atoms with Gasteiger partial charge >= 0.3 is 0 Å². The summed E-state index contributed by atoms with van der Waals surface area (Å²) in [5.41, 5.74) is 1.54. The number of nitrogens with zero attached hydrogens (tertiary/aromatic N) is 2. The van der Waals surface area contributed by atoms with Crippen LogP contribution in [0.4, 0.5) is 0 Å². The van der Waals surface area contributed by atoms with Gasteiger partial charge in [-0.1, -0.05) is 19.1 Å². The van der Waals surface area contributed by atoms with Crippen LogP contribution in [0.5, 0.6) is 5.75 Å². The van der Waals surface area contributed by atoms with E-state index in [1.807, 2.05) is 37.3 Å². The maximum Gasteiger partial charge on any atom is 0.255 e. The van der Waals surface area contributed by atoms with Crippen molar-refractivity contribution in [3.05, 3.63) is 59.9 Å². The van der Waals surface area contributed by atoms with Gasteiger partial charge in [-0.25, -0.2) is 0 Å². The average molecular weight is 412 g/mol. The van der Waals surface area contributed by atoms with Crippen LogP contribution in [0.3, 0.4) is 0 Å². The Balaban J connectivity index is 1.63. The molecule has 3 rings (SSSR count). The number of hydrogen-bond acceptors (Lipinski definition) is 5. The third kappa shape index (κ3) is 5.57. The number of carbonyl (C=O) groups excluding carboxylic acids is 2. The van der Waals surface area contributed by atoms with E-state index in [4.69, 9.17) is 9.47 Å². The minimum atomic E-state index is -0.165. The minimum absolute atomic E-state index is 0.00236. The molecule has 1 saturated heterocycles. The molecule has 7 heteroatoms. The highest BCUT2D eigenvalue weighted by molar-refractivity contribution is 5.97. The molecule has 2 amide bonds. The van der Waals surface area contributed by atoms with Crippen LogP contribution in [0, 0.1) is 0 Å². The number of para-hydroxylation sites is 1. The van der Waals surface area contributed by atoms with E-state index >= 15 is 0 Å². The highest BCUT2D eigenvalue weighted by atomic mass is 16.5. The molecule has 0 radical (unpaired) electrons. The number of benzene rings is 1. The Labute approximate surface area is 177 Å². The molecule has 7 nitrogen and oxygen atoms in total. The number of carbonyl (C=O) groups is 2. The van der Waals surface area contributed by atoms with Crippen molar-refractivity contribution in [2.24, 2.45) is 0 Å². The van der Waals surface area contributed by atoms with Crippen LogP contribution >= 0.6 is 0 Å². The maximum atomic E-state index is 13.0. The summed E-state index contributed by atoms with van der Waals surface area (Å²) in [7, 11) is 1.52. The fourth-order valence-corrected chi connectivity index (χ4v) is 3.63. The van der Waals surface area contributed by atoms with Gasteiger partial charge in [0, 0.05) is 45.4 Å². The van der Waals surface area contributed by atoms with Gasteiger partial charge in [-0.05, 0) is 36.2 Å². The van der Waals surface area contributed by atoms with Crippen molar-refractivity contribution in [1.29, 1.82) is 0 Å². The maximum absolute atomic E-state index is 13.0. The highest BCUT2D eigenvalue weighted by Crippen LogP contribution is 2.25. The van der Waals surface area contributed by atoms with Gasteiger partial charge in [0.05, 0.1) is 11.6 Å². The van der Waals surface area contributed by atoms with E-state index in [0.29, 0.717) is 24.4 Å². The monoisotopic (exact) mass is 411 g/mol. The number of piperidine rings is 1. The average Bonchev–Trinajstić information content (AvgIpc) is 2.79. The molecule has 2 heterocycles. The van der Waals surface area contributed by atoms with E-state index in [-0.39, 0.29) is 30.6 Å². The fourth-order valence-electron chi connectivity index (χ4n) is 3.63. The molecule has 0 bridgehead atoms. The van der Waals surface area contributed by atoms with E-state index in [0.717, 1.165) is 24.8 Å². The molecule has 2 aromatic rings. The predicted octanol–water partition coefficient (Wildman–Crippen LogP) is 2.98. The van der Waals surface area contributed by atoms with Crippen LogP contribution in [0.25, 0.3) is 0 Å². The molecule has 1 N–H and O–H groups in total. The number of pyridine rings is 1.